The topological polar surface area (TPSA) is 40.5 Å². The van der Waals surface area contributed by atoms with Crippen molar-refractivity contribution < 1.29 is 9.90 Å². The number of aryl methyl sites for hydroxylation is 1. The molecule has 1 N–H and O–H groups in total. The van der Waals surface area contributed by atoms with Crippen molar-refractivity contribution in [2.24, 2.45) is 5.92 Å². The van der Waals surface area contributed by atoms with Crippen molar-refractivity contribution in [2.75, 3.05) is 18.4 Å². The Bertz CT molecular complexity index is 433. The number of carbonyl (C=O) groups is 1. The predicted octanol–water partition coefficient (Wildman–Crippen LogP) is 2.56. The maximum absolute atomic E-state index is 12.3. The van der Waals surface area contributed by atoms with Gasteiger partial charge in [0.25, 0.3) is 5.91 Å². The van der Waals surface area contributed by atoms with Crippen molar-refractivity contribution in [1.82, 2.24) is 4.90 Å². The molecular formula is C13H16BrNO2. The van der Waals surface area contributed by atoms with Gasteiger partial charge in [0.15, 0.2) is 0 Å². The number of alkyl halides is 1. The minimum absolute atomic E-state index is 0.0750. The summed E-state index contributed by atoms with van der Waals surface area (Å²) < 4.78 is 0. The number of hydrogen-bond donors (Lipinski definition) is 1. The van der Waals surface area contributed by atoms with Crippen molar-refractivity contribution in [2.45, 2.75) is 13.3 Å². The number of halogens is 1. The highest BCUT2D eigenvalue weighted by molar-refractivity contribution is 9.09. The number of benzene rings is 1. The summed E-state index contributed by atoms with van der Waals surface area (Å²) in [4.78, 5) is 14.2. The smallest absolute Gasteiger partial charge is 0.254 e. The van der Waals surface area contributed by atoms with E-state index in [9.17, 15) is 9.90 Å². The molecule has 1 unspecified atom stereocenters. The number of aromatic hydroxyl groups is 1. The summed E-state index contributed by atoms with van der Waals surface area (Å²) in [5.74, 6) is 0.848. The Kier molecular flexibility index (Phi) is 3.72. The maximum Gasteiger partial charge on any atom is 0.254 e. The van der Waals surface area contributed by atoms with Crippen LogP contribution in [0.4, 0.5) is 0 Å². The molecule has 1 aliphatic heterocycles. The van der Waals surface area contributed by atoms with Gasteiger partial charge in [0.1, 0.15) is 5.75 Å². The van der Waals surface area contributed by atoms with E-state index >= 15 is 0 Å². The van der Waals surface area contributed by atoms with Gasteiger partial charge in [-0.05, 0) is 43.0 Å². The van der Waals surface area contributed by atoms with E-state index in [1.807, 2.05) is 11.8 Å². The van der Waals surface area contributed by atoms with Gasteiger partial charge < -0.3 is 10.0 Å². The van der Waals surface area contributed by atoms with Crippen LogP contribution in [-0.2, 0) is 0 Å². The summed E-state index contributed by atoms with van der Waals surface area (Å²) in [7, 11) is 0. The van der Waals surface area contributed by atoms with E-state index < -0.39 is 0 Å². The minimum Gasteiger partial charge on any atom is -0.508 e. The van der Waals surface area contributed by atoms with Gasteiger partial charge in [-0.2, -0.15) is 0 Å². The maximum atomic E-state index is 12.3. The fraction of sp³-hybridized carbons (Fsp3) is 0.462. The molecule has 1 aliphatic rings. The van der Waals surface area contributed by atoms with Crippen molar-refractivity contribution in [3.05, 3.63) is 29.3 Å². The fourth-order valence-electron chi connectivity index (χ4n) is 2.20. The van der Waals surface area contributed by atoms with Crippen LogP contribution in [0.5, 0.6) is 5.75 Å². The standard InChI is InChI=1S/C13H16BrNO2/c1-9-6-11(16)2-3-12(9)13(17)15-5-4-10(7-14)8-15/h2-3,6,10,16H,4-5,7-8H2,1H3. The summed E-state index contributed by atoms with van der Waals surface area (Å²) in [5, 5.41) is 10.3. The van der Waals surface area contributed by atoms with Crippen LogP contribution in [0.1, 0.15) is 22.3 Å². The number of carbonyl (C=O) groups excluding carboxylic acids is 1. The third kappa shape index (κ3) is 2.63. The Morgan fingerprint density at radius 2 is 2.35 bits per heavy atom. The van der Waals surface area contributed by atoms with Crippen molar-refractivity contribution >= 4 is 21.8 Å². The molecule has 92 valence electrons. The molecule has 1 aromatic rings. The lowest BCUT2D eigenvalue weighted by Crippen LogP contribution is -2.29. The molecule has 1 amide bonds. The second-order valence-electron chi connectivity index (χ2n) is 4.56. The Morgan fingerprint density at radius 1 is 1.59 bits per heavy atom. The van der Waals surface area contributed by atoms with Crippen LogP contribution in [0, 0.1) is 12.8 Å². The monoisotopic (exact) mass is 297 g/mol. The molecule has 0 radical (unpaired) electrons. The Labute approximate surface area is 110 Å². The van der Waals surface area contributed by atoms with Gasteiger partial charge in [-0.25, -0.2) is 0 Å². The molecule has 0 spiro atoms. The number of likely N-dealkylation sites (tertiary alicyclic amines) is 1. The first-order chi connectivity index (χ1) is 8.11. The van der Waals surface area contributed by atoms with Crippen molar-refractivity contribution in [3.63, 3.8) is 0 Å². The second kappa shape index (κ2) is 5.08. The van der Waals surface area contributed by atoms with E-state index in [0.717, 1.165) is 30.4 Å². The number of amides is 1. The SMILES string of the molecule is Cc1cc(O)ccc1C(=O)N1CCC(CBr)C1. The first kappa shape index (κ1) is 12.4. The zero-order chi connectivity index (χ0) is 12.4. The van der Waals surface area contributed by atoms with E-state index in [4.69, 9.17) is 0 Å². The molecule has 0 bridgehead atoms. The molecule has 0 aromatic heterocycles. The Hall–Kier alpha value is -1.03. The highest BCUT2D eigenvalue weighted by Crippen LogP contribution is 2.23. The third-order valence-corrected chi connectivity index (χ3v) is 4.15. The van der Waals surface area contributed by atoms with Gasteiger partial charge in [0.05, 0.1) is 0 Å². The fourth-order valence-corrected chi connectivity index (χ4v) is 2.73. The number of phenolic OH excluding ortho intramolecular Hbond substituents is 1. The first-order valence-electron chi connectivity index (χ1n) is 5.76. The van der Waals surface area contributed by atoms with E-state index in [0.29, 0.717) is 11.5 Å². The number of nitrogens with zero attached hydrogens (tertiary/aromatic N) is 1. The van der Waals surface area contributed by atoms with Gasteiger partial charge in [0.2, 0.25) is 0 Å². The average Bonchev–Trinajstić information content (AvgIpc) is 2.76. The van der Waals surface area contributed by atoms with E-state index in [1.165, 1.54) is 0 Å². The number of rotatable bonds is 2. The molecule has 3 nitrogen and oxygen atoms in total. The molecule has 0 aliphatic carbocycles. The van der Waals surface area contributed by atoms with Gasteiger partial charge >= 0.3 is 0 Å². The number of hydrogen-bond acceptors (Lipinski definition) is 2. The zero-order valence-electron chi connectivity index (χ0n) is 9.82. The lowest BCUT2D eigenvalue weighted by atomic mass is 10.1. The summed E-state index contributed by atoms with van der Waals surface area (Å²) in [5.41, 5.74) is 1.52. The van der Waals surface area contributed by atoms with Gasteiger partial charge in [-0.1, -0.05) is 15.9 Å². The van der Waals surface area contributed by atoms with E-state index in [2.05, 4.69) is 15.9 Å². The van der Waals surface area contributed by atoms with Crippen LogP contribution < -0.4 is 0 Å². The quantitative estimate of drug-likeness (QED) is 0.853. The zero-order valence-corrected chi connectivity index (χ0v) is 11.4. The summed E-state index contributed by atoms with van der Waals surface area (Å²) >= 11 is 3.46. The summed E-state index contributed by atoms with van der Waals surface area (Å²) in [6.07, 6.45) is 1.06. The number of phenols is 1. The highest BCUT2D eigenvalue weighted by Gasteiger charge is 2.26. The minimum atomic E-state index is 0.0750. The Morgan fingerprint density at radius 3 is 2.94 bits per heavy atom. The Balaban J connectivity index is 2.15. The van der Waals surface area contributed by atoms with Gasteiger partial charge in [-0.15, -0.1) is 0 Å². The molecule has 4 heteroatoms. The van der Waals surface area contributed by atoms with Crippen molar-refractivity contribution in [1.29, 1.82) is 0 Å². The van der Waals surface area contributed by atoms with Crippen LogP contribution in [0.15, 0.2) is 18.2 Å². The van der Waals surface area contributed by atoms with Gasteiger partial charge in [0, 0.05) is 24.0 Å². The molecular weight excluding hydrogens is 282 g/mol. The molecule has 1 fully saturated rings. The average molecular weight is 298 g/mol. The van der Waals surface area contributed by atoms with Crippen LogP contribution in [0.2, 0.25) is 0 Å². The van der Waals surface area contributed by atoms with Crippen LogP contribution in [-0.4, -0.2) is 34.3 Å². The van der Waals surface area contributed by atoms with Crippen molar-refractivity contribution in [3.8, 4) is 5.75 Å². The summed E-state index contributed by atoms with van der Waals surface area (Å²) in [6, 6.07) is 4.90. The first-order valence-corrected chi connectivity index (χ1v) is 6.89. The third-order valence-electron chi connectivity index (χ3n) is 3.23. The molecule has 1 saturated heterocycles. The van der Waals surface area contributed by atoms with E-state index in [-0.39, 0.29) is 11.7 Å². The van der Waals surface area contributed by atoms with Gasteiger partial charge in [-0.3, -0.25) is 4.79 Å². The lowest BCUT2D eigenvalue weighted by molar-refractivity contribution is 0.0787. The molecule has 1 aromatic carbocycles. The molecule has 0 saturated carbocycles. The highest BCUT2D eigenvalue weighted by atomic mass is 79.9. The molecule has 2 rings (SSSR count). The summed E-state index contributed by atoms with van der Waals surface area (Å²) in [6.45, 7) is 3.50. The van der Waals surface area contributed by atoms with E-state index in [1.54, 1.807) is 18.2 Å². The predicted molar refractivity (Wildman–Crippen MR) is 70.6 cm³/mol. The normalized spacial score (nSPS) is 19.6. The largest absolute Gasteiger partial charge is 0.508 e. The van der Waals surface area contributed by atoms with Crippen LogP contribution in [0.25, 0.3) is 0 Å². The molecule has 1 heterocycles. The van der Waals surface area contributed by atoms with Crippen LogP contribution >= 0.6 is 15.9 Å². The molecule has 1 atom stereocenters. The second-order valence-corrected chi connectivity index (χ2v) is 5.21. The lowest BCUT2D eigenvalue weighted by Gasteiger charge is -2.17. The molecule has 17 heavy (non-hydrogen) atoms. The van der Waals surface area contributed by atoms with Crippen LogP contribution in [0.3, 0.4) is 0 Å².